The standard InChI is InChI=1S/C34H27NO4S2/c1-20-26-9-5-7-11-28(26)22(3)32-17-24(13-15-30(20)32)38-41(37)34(19-35)39-40(36)25-14-16-31-21(2)27-10-6-8-12-29(27)23(4)33(31)18-25/h5-18,35H,1-4H3. The number of hydrogen-bond acceptors (Lipinski definition) is 5. The summed E-state index contributed by atoms with van der Waals surface area (Å²) in [7, 11) is 0. The fraction of sp³-hybridized carbons (Fsp3) is 0.118. The summed E-state index contributed by atoms with van der Waals surface area (Å²) >= 11 is -4.27. The van der Waals surface area contributed by atoms with E-state index in [0.717, 1.165) is 54.6 Å². The van der Waals surface area contributed by atoms with Crippen molar-refractivity contribution in [1.82, 2.24) is 0 Å². The molecule has 204 valence electrons. The summed E-state index contributed by atoms with van der Waals surface area (Å²) in [4.78, 5) is 0.392. The third-order valence-corrected chi connectivity index (χ3v) is 9.73. The zero-order chi connectivity index (χ0) is 28.8. The van der Waals surface area contributed by atoms with Gasteiger partial charge in [0.05, 0.1) is 4.90 Å². The fourth-order valence-corrected chi connectivity index (χ4v) is 7.18. The smallest absolute Gasteiger partial charge is 0.303 e. The first-order valence-corrected chi connectivity index (χ1v) is 15.3. The Labute approximate surface area is 243 Å². The molecule has 2 unspecified atom stereocenters. The SMILES string of the molecule is Cc1c2ccccc2c(C)c2cc(OS(=O)C(=C=N)OS(=O)c3ccc4c(C)c5ccccc5c(C)c4c3)ccc12. The molecule has 0 aromatic heterocycles. The number of rotatable bonds is 6. The van der Waals surface area contributed by atoms with Crippen LogP contribution in [0.25, 0.3) is 43.1 Å². The second-order valence-corrected chi connectivity index (χ2v) is 12.2. The van der Waals surface area contributed by atoms with Crippen LogP contribution in [0.4, 0.5) is 0 Å². The molecular formula is C34H27NO4S2. The van der Waals surface area contributed by atoms with Crippen LogP contribution < -0.4 is 4.18 Å². The Bertz CT molecular complexity index is 2150. The van der Waals surface area contributed by atoms with E-state index in [4.69, 9.17) is 13.8 Å². The van der Waals surface area contributed by atoms with E-state index in [1.807, 2.05) is 61.3 Å². The third-order valence-electron chi connectivity index (χ3n) is 7.84. The summed E-state index contributed by atoms with van der Waals surface area (Å²) in [6.07, 6.45) is 0. The van der Waals surface area contributed by atoms with Gasteiger partial charge in [0.2, 0.25) is 11.1 Å². The lowest BCUT2D eigenvalue weighted by molar-refractivity contribution is 0.473. The Hall–Kier alpha value is -4.29. The normalized spacial score (nSPS) is 12.9. The summed E-state index contributed by atoms with van der Waals surface area (Å²) in [5, 5.41) is 15.9. The van der Waals surface area contributed by atoms with E-state index in [1.54, 1.807) is 12.1 Å². The van der Waals surface area contributed by atoms with Gasteiger partial charge in [0.25, 0.3) is 11.1 Å². The van der Waals surface area contributed by atoms with Crippen molar-refractivity contribution in [2.75, 3.05) is 0 Å². The van der Waals surface area contributed by atoms with Gasteiger partial charge in [-0.25, -0.2) is 8.42 Å². The van der Waals surface area contributed by atoms with Gasteiger partial charge in [-0.2, -0.15) is 0 Å². The second kappa shape index (κ2) is 10.6. The lowest BCUT2D eigenvalue weighted by Crippen LogP contribution is -2.09. The van der Waals surface area contributed by atoms with E-state index in [9.17, 15) is 8.42 Å². The lowest BCUT2D eigenvalue weighted by Gasteiger charge is -2.14. The average molecular weight is 578 g/mol. The minimum absolute atomic E-state index is 0.347. The van der Waals surface area contributed by atoms with E-state index in [2.05, 4.69) is 45.0 Å². The van der Waals surface area contributed by atoms with Crippen LogP contribution in [-0.2, 0) is 26.3 Å². The summed E-state index contributed by atoms with van der Waals surface area (Å²) in [6.45, 7) is 8.25. The maximum absolute atomic E-state index is 13.2. The van der Waals surface area contributed by atoms with Gasteiger partial charge in [0.15, 0.2) is 0 Å². The van der Waals surface area contributed by atoms with Crippen molar-refractivity contribution in [3.05, 3.63) is 112 Å². The molecule has 7 heteroatoms. The number of fused-ring (bicyclic) bond motifs is 4. The number of aryl methyl sites for hydroxylation is 4. The summed E-state index contributed by atoms with van der Waals surface area (Å²) in [6, 6.07) is 27.4. The average Bonchev–Trinajstić information content (AvgIpc) is 3.00. The number of nitrogens with one attached hydrogen (secondary N) is 1. The Morgan fingerprint density at radius 1 is 0.610 bits per heavy atom. The molecule has 0 aliphatic rings. The minimum atomic E-state index is -2.24. The van der Waals surface area contributed by atoms with Crippen LogP contribution in [0.2, 0.25) is 0 Å². The lowest BCUT2D eigenvalue weighted by atomic mass is 9.93. The molecule has 1 N–H and O–H groups in total. The van der Waals surface area contributed by atoms with E-state index in [0.29, 0.717) is 10.6 Å². The van der Waals surface area contributed by atoms with E-state index in [-0.39, 0.29) is 0 Å². The molecule has 0 heterocycles. The van der Waals surface area contributed by atoms with Crippen molar-refractivity contribution in [2.45, 2.75) is 32.6 Å². The van der Waals surface area contributed by atoms with Crippen molar-refractivity contribution in [3.63, 3.8) is 0 Å². The van der Waals surface area contributed by atoms with Gasteiger partial charge in [0.1, 0.15) is 5.75 Å². The van der Waals surface area contributed by atoms with Crippen molar-refractivity contribution in [1.29, 1.82) is 5.41 Å². The molecule has 0 spiro atoms. The topological polar surface area (TPSA) is 76.5 Å². The van der Waals surface area contributed by atoms with Crippen molar-refractivity contribution >= 4 is 71.1 Å². The number of hydrogen-bond donors (Lipinski definition) is 1. The molecular weight excluding hydrogens is 551 g/mol. The molecule has 41 heavy (non-hydrogen) atoms. The van der Waals surface area contributed by atoms with Gasteiger partial charge in [0, 0.05) is 5.87 Å². The first kappa shape index (κ1) is 26.9. The minimum Gasteiger partial charge on any atom is -0.394 e. The maximum atomic E-state index is 13.2. The number of benzene rings is 6. The van der Waals surface area contributed by atoms with Crippen LogP contribution in [-0.4, -0.2) is 14.3 Å². The predicted octanol–water partition coefficient (Wildman–Crippen LogP) is 8.40. The second-order valence-electron chi connectivity index (χ2n) is 10.1. The summed E-state index contributed by atoms with van der Waals surface area (Å²) in [5.41, 5.74) is 4.46. The van der Waals surface area contributed by atoms with Gasteiger partial charge in [-0.15, -0.1) is 0 Å². The maximum Gasteiger partial charge on any atom is 0.303 e. The molecule has 0 amide bonds. The first-order valence-electron chi connectivity index (χ1n) is 13.1. The van der Waals surface area contributed by atoms with E-state index < -0.39 is 27.3 Å². The van der Waals surface area contributed by atoms with Crippen LogP contribution >= 0.6 is 0 Å². The third kappa shape index (κ3) is 4.62. The molecule has 0 aliphatic carbocycles. The summed E-state index contributed by atoms with van der Waals surface area (Å²) < 4.78 is 37.4. The highest BCUT2D eigenvalue weighted by atomic mass is 32.2. The Kier molecular flexibility index (Phi) is 6.96. The van der Waals surface area contributed by atoms with Crippen LogP contribution in [0.3, 0.4) is 0 Å². The monoisotopic (exact) mass is 577 g/mol. The molecule has 6 aromatic carbocycles. The Morgan fingerprint density at radius 2 is 1.05 bits per heavy atom. The van der Waals surface area contributed by atoms with E-state index >= 15 is 0 Å². The van der Waals surface area contributed by atoms with Gasteiger partial charge >= 0.3 is 5.09 Å². The van der Waals surface area contributed by atoms with E-state index in [1.165, 1.54) is 10.8 Å². The predicted molar refractivity (Wildman–Crippen MR) is 169 cm³/mol. The molecule has 0 radical (unpaired) electrons. The molecule has 2 atom stereocenters. The van der Waals surface area contributed by atoms with Gasteiger partial charge < -0.3 is 8.37 Å². The largest absolute Gasteiger partial charge is 0.394 e. The first-order chi connectivity index (χ1) is 19.8. The zero-order valence-electron chi connectivity index (χ0n) is 23.0. The Morgan fingerprint density at radius 3 is 1.56 bits per heavy atom. The summed E-state index contributed by atoms with van der Waals surface area (Å²) in [5.74, 6) is 2.36. The van der Waals surface area contributed by atoms with Crippen molar-refractivity contribution in [2.24, 2.45) is 0 Å². The molecule has 0 saturated carbocycles. The van der Waals surface area contributed by atoms with Crippen molar-refractivity contribution in [3.8, 4) is 5.75 Å². The van der Waals surface area contributed by atoms with Gasteiger partial charge in [-0.3, -0.25) is 5.41 Å². The molecule has 0 aliphatic heterocycles. The highest BCUT2D eigenvalue weighted by molar-refractivity contribution is 7.86. The van der Waals surface area contributed by atoms with Crippen LogP contribution in [0.1, 0.15) is 22.3 Å². The van der Waals surface area contributed by atoms with Crippen molar-refractivity contribution < 1.29 is 16.8 Å². The highest BCUT2D eigenvalue weighted by Gasteiger charge is 2.20. The molecule has 0 fully saturated rings. The van der Waals surface area contributed by atoms with Gasteiger partial charge in [-0.1, -0.05) is 60.7 Å². The quantitative estimate of drug-likeness (QED) is 0.122. The van der Waals surface area contributed by atoms with Crippen LogP contribution in [0, 0.1) is 33.1 Å². The molecule has 0 bridgehead atoms. The zero-order valence-corrected chi connectivity index (χ0v) is 24.7. The Balaban J connectivity index is 1.27. The van der Waals surface area contributed by atoms with Gasteiger partial charge in [-0.05, 0) is 117 Å². The molecule has 0 saturated heterocycles. The fourth-order valence-electron chi connectivity index (χ4n) is 5.66. The molecule has 6 aromatic rings. The highest BCUT2D eigenvalue weighted by Crippen LogP contribution is 2.35. The van der Waals surface area contributed by atoms with Crippen LogP contribution in [0.5, 0.6) is 5.75 Å². The van der Waals surface area contributed by atoms with Crippen LogP contribution in [0.15, 0.2) is 94.9 Å². The molecule has 5 nitrogen and oxygen atoms in total. The molecule has 6 rings (SSSR count).